The third-order valence-electron chi connectivity index (χ3n) is 3.58. The maximum atomic E-state index is 12.4. The lowest BCUT2D eigenvalue weighted by Gasteiger charge is -2.24. The van der Waals surface area contributed by atoms with E-state index >= 15 is 0 Å². The highest BCUT2D eigenvalue weighted by molar-refractivity contribution is 5.96. The van der Waals surface area contributed by atoms with E-state index in [0.29, 0.717) is 17.8 Å². The van der Waals surface area contributed by atoms with Crippen LogP contribution < -0.4 is 5.32 Å². The molecule has 1 rings (SSSR count). The van der Waals surface area contributed by atoms with Gasteiger partial charge in [0.15, 0.2) is 0 Å². The summed E-state index contributed by atoms with van der Waals surface area (Å²) >= 11 is 0. The number of carbonyl (C=O) groups excluding carboxylic acids is 1. The summed E-state index contributed by atoms with van der Waals surface area (Å²) in [6.07, 6.45) is 1.71. The van der Waals surface area contributed by atoms with Crippen molar-refractivity contribution in [3.8, 4) is 0 Å². The number of nitrogens with zero attached hydrogens (tertiary/aromatic N) is 2. The lowest BCUT2D eigenvalue weighted by atomic mass is 10.1. The van der Waals surface area contributed by atoms with Gasteiger partial charge >= 0.3 is 0 Å². The number of hydrogen-bond donors (Lipinski definition) is 1. The lowest BCUT2D eigenvalue weighted by Crippen LogP contribution is -2.34. The lowest BCUT2D eigenvalue weighted by molar-refractivity contribution is -0.384. The predicted octanol–water partition coefficient (Wildman–Crippen LogP) is 3.29. The van der Waals surface area contributed by atoms with Crippen LogP contribution in [0.2, 0.25) is 0 Å². The minimum atomic E-state index is -0.440. The maximum absolute atomic E-state index is 12.4. The summed E-state index contributed by atoms with van der Waals surface area (Å²) in [7, 11) is 1.75. The van der Waals surface area contributed by atoms with Gasteiger partial charge in [-0.25, -0.2) is 0 Å². The van der Waals surface area contributed by atoms with E-state index in [1.807, 2.05) is 20.8 Å². The zero-order valence-electron chi connectivity index (χ0n) is 13.0. The second kappa shape index (κ2) is 7.61. The van der Waals surface area contributed by atoms with Crippen LogP contribution in [0.5, 0.6) is 0 Å². The third kappa shape index (κ3) is 4.18. The smallest absolute Gasteiger partial charge is 0.292 e. The second-order valence-electron chi connectivity index (χ2n) is 5.09. The fraction of sp³-hybridized carbons (Fsp3) is 0.533. The molecular weight excluding hydrogens is 270 g/mol. The fourth-order valence-corrected chi connectivity index (χ4v) is 1.91. The van der Waals surface area contributed by atoms with E-state index in [-0.39, 0.29) is 17.6 Å². The molecule has 0 spiro atoms. The number of nitrogens with one attached hydrogen (secondary N) is 1. The Kier molecular flexibility index (Phi) is 6.14. The number of hydrogen-bond acceptors (Lipinski definition) is 4. The van der Waals surface area contributed by atoms with E-state index in [0.717, 1.165) is 12.8 Å². The standard InChI is InChI=1S/C15H23N3O3/c1-5-9-16-13-10-12(7-8-14(13)18(20)21)15(19)17(4)11(3)6-2/h7-8,10-11,16H,5-6,9H2,1-4H3. The molecule has 0 aliphatic rings. The molecular formula is C15H23N3O3. The Hall–Kier alpha value is -2.11. The van der Waals surface area contributed by atoms with Crippen LogP contribution in [0.25, 0.3) is 0 Å². The molecule has 0 heterocycles. The highest BCUT2D eigenvalue weighted by Gasteiger charge is 2.20. The highest BCUT2D eigenvalue weighted by atomic mass is 16.6. The first-order valence-corrected chi connectivity index (χ1v) is 7.21. The summed E-state index contributed by atoms with van der Waals surface area (Å²) < 4.78 is 0. The molecule has 0 aliphatic heterocycles. The molecule has 0 bridgehead atoms. The van der Waals surface area contributed by atoms with Crippen LogP contribution in [0.4, 0.5) is 11.4 Å². The Morgan fingerprint density at radius 1 is 1.43 bits per heavy atom. The normalized spacial score (nSPS) is 11.8. The van der Waals surface area contributed by atoms with Gasteiger partial charge in [-0.2, -0.15) is 0 Å². The Labute approximate surface area is 125 Å². The van der Waals surface area contributed by atoms with E-state index in [1.54, 1.807) is 18.0 Å². The Balaban J connectivity index is 3.09. The van der Waals surface area contributed by atoms with E-state index in [9.17, 15) is 14.9 Å². The molecule has 1 N–H and O–H groups in total. The average Bonchev–Trinajstić information content (AvgIpc) is 2.50. The summed E-state index contributed by atoms with van der Waals surface area (Å²) in [4.78, 5) is 24.6. The topological polar surface area (TPSA) is 75.5 Å². The number of carbonyl (C=O) groups is 1. The van der Waals surface area contributed by atoms with E-state index in [4.69, 9.17) is 0 Å². The summed E-state index contributed by atoms with van der Waals surface area (Å²) in [5.74, 6) is -0.126. The molecule has 1 aromatic carbocycles. The number of rotatable bonds is 7. The molecule has 21 heavy (non-hydrogen) atoms. The molecule has 0 aliphatic carbocycles. The Morgan fingerprint density at radius 2 is 2.10 bits per heavy atom. The van der Waals surface area contributed by atoms with E-state index in [1.165, 1.54) is 12.1 Å². The summed E-state index contributed by atoms with van der Waals surface area (Å²) in [5.41, 5.74) is 0.846. The summed E-state index contributed by atoms with van der Waals surface area (Å²) in [6, 6.07) is 4.58. The van der Waals surface area contributed by atoms with Crippen molar-refractivity contribution in [1.82, 2.24) is 4.90 Å². The van der Waals surface area contributed by atoms with Gasteiger partial charge in [-0.1, -0.05) is 13.8 Å². The van der Waals surface area contributed by atoms with Gasteiger partial charge in [0.2, 0.25) is 0 Å². The molecule has 1 unspecified atom stereocenters. The van der Waals surface area contributed by atoms with Crippen LogP contribution in [0.1, 0.15) is 44.0 Å². The highest BCUT2D eigenvalue weighted by Crippen LogP contribution is 2.26. The first kappa shape index (κ1) is 16.9. The quantitative estimate of drug-likeness (QED) is 0.618. The van der Waals surface area contributed by atoms with Crippen LogP contribution >= 0.6 is 0 Å². The number of nitro benzene ring substituents is 1. The molecule has 0 fully saturated rings. The van der Waals surface area contributed by atoms with Crippen molar-refractivity contribution in [1.29, 1.82) is 0 Å². The van der Waals surface area contributed by atoms with Crippen molar-refractivity contribution in [2.75, 3.05) is 18.9 Å². The second-order valence-corrected chi connectivity index (χ2v) is 5.09. The minimum absolute atomic E-state index is 0.00815. The molecule has 116 valence electrons. The van der Waals surface area contributed by atoms with Crippen molar-refractivity contribution >= 4 is 17.3 Å². The monoisotopic (exact) mass is 293 g/mol. The molecule has 0 saturated heterocycles. The number of nitro groups is 1. The Bertz CT molecular complexity index is 517. The van der Waals surface area contributed by atoms with Crippen molar-refractivity contribution < 1.29 is 9.72 Å². The van der Waals surface area contributed by atoms with Crippen LogP contribution in [-0.2, 0) is 0 Å². The molecule has 0 radical (unpaired) electrons. The van der Waals surface area contributed by atoms with Gasteiger partial charge in [-0.15, -0.1) is 0 Å². The molecule has 1 atom stereocenters. The average molecular weight is 293 g/mol. The minimum Gasteiger partial charge on any atom is -0.379 e. The largest absolute Gasteiger partial charge is 0.379 e. The van der Waals surface area contributed by atoms with Gasteiger partial charge in [0.25, 0.3) is 11.6 Å². The summed E-state index contributed by atoms with van der Waals surface area (Å²) in [6.45, 7) is 6.59. The van der Waals surface area contributed by atoms with Crippen molar-refractivity contribution in [2.24, 2.45) is 0 Å². The van der Waals surface area contributed by atoms with Crippen LogP contribution in [-0.4, -0.2) is 35.4 Å². The SMILES string of the molecule is CCCNc1cc(C(=O)N(C)C(C)CC)ccc1[N+](=O)[O-]. The van der Waals surface area contributed by atoms with Gasteiger partial charge in [-0.3, -0.25) is 14.9 Å². The molecule has 6 heteroatoms. The molecule has 1 aromatic rings. The first-order chi connectivity index (χ1) is 9.92. The molecule has 0 saturated carbocycles. The Morgan fingerprint density at radius 3 is 2.62 bits per heavy atom. The van der Waals surface area contributed by atoms with Gasteiger partial charge in [0, 0.05) is 31.3 Å². The van der Waals surface area contributed by atoms with Crippen molar-refractivity contribution in [3.05, 3.63) is 33.9 Å². The van der Waals surface area contributed by atoms with Gasteiger partial charge < -0.3 is 10.2 Å². The third-order valence-corrected chi connectivity index (χ3v) is 3.58. The van der Waals surface area contributed by atoms with Gasteiger partial charge in [0.1, 0.15) is 5.69 Å². The zero-order chi connectivity index (χ0) is 16.0. The molecule has 0 aromatic heterocycles. The molecule has 6 nitrogen and oxygen atoms in total. The predicted molar refractivity (Wildman–Crippen MR) is 83.7 cm³/mol. The number of anilines is 1. The van der Waals surface area contributed by atoms with E-state index < -0.39 is 4.92 Å². The first-order valence-electron chi connectivity index (χ1n) is 7.21. The summed E-state index contributed by atoms with van der Waals surface area (Å²) in [5, 5.41) is 14.0. The zero-order valence-corrected chi connectivity index (χ0v) is 13.0. The molecule has 1 amide bonds. The van der Waals surface area contributed by atoms with Crippen molar-refractivity contribution in [2.45, 2.75) is 39.7 Å². The maximum Gasteiger partial charge on any atom is 0.292 e. The van der Waals surface area contributed by atoms with Gasteiger partial charge in [0.05, 0.1) is 4.92 Å². The van der Waals surface area contributed by atoms with Crippen LogP contribution in [0.3, 0.4) is 0 Å². The fourth-order valence-electron chi connectivity index (χ4n) is 1.91. The van der Waals surface area contributed by atoms with Crippen LogP contribution in [0.15, 0.2) is 18.2 Å². The number of amides is 1. The van der Waals surface area contributed by atoms with Gasteiger partial charge in [-0.05, 0) is 31.9 Å². The number of benzene rings is 1. The van der Waals surface area contributed by atoms with Crippen molar-refractivity contribution in [3.63, 3.8) is 0 Å². The van der Waals surface area contributed by atoms with E-state index in [2.05, 4.69) is 5.32 Å². The van der Waals surface area contributed by atoms with Crippen LogP contribution in [0, 0.1) is 10.1 Å².